The Bertz CT molecular complexity index is 755. The largest absolute Gasteiger partial charge is 0.326 e. The number of aromatic nitrogens is 1. The van der Waals surface area contributed by atoms with Crippen molar-refractivity contribution < 1.29 is 9.59 Å². The van der Waals surface area contributed by atoms with E-state index in [-0.39, 0.29) is 17.7 Å². The molecular weight excluding hydrogens is 322 g/mol. The molecule has 24 heavy (non-hydrogen) atoms. The molecule has 0 aliphatic heterocycles. The molecule has 0 saturated heterocycles. The molecule has 1 fully saturated rings. The maximum atomic E-state index is 12.3. The molecule has 0 bridgehead atoms. The molecule has 0 atom stereocenters. The van der Waals surface area contributed by atoms with Gasteiger partial charge in [0, 0.05) is 22.0 Å². The van der Waals surface area contributed by atoms with Crippen molar-refractivity contribution in [2.24, 2.45) is 5.92 Å². The highest BCUT2D eigenvalue weighted by atomic mass is 32.1. The summed E-state index contributed by atoms with van der Waals surface area (Å²) in [7, 11) is 0. The molecule has 124 valence electrons. The van der Waals surface area contributed by atoms with Gasteiger partial charge in [0.05, 0.1) is 5.69 Å². The monoisotopic (exact) mass is 341 g/mol. The third-order valence-corrected chi connectivity index (χ3v) is 5.50. The fourth-order valence-electron chi connectivity index (χ4n) is 2.87. The molecule has 2 N–H and O–H groups in total. The minimum atomic E-state index is -0.166. The molecular formula is C18H19N3O2S. The smallest absolute Gasteiger partial charge is 0.257 e. The number of anilines is 2. The highest BCUT2D eigenvalue weighted by molar-refractivity contribution is 7.15. The summed E-state index contributed by atoms with van der Waals surface area (Å²) < 4.78 is 0. The van der Waals surface area contributed by atoms with E-state index < -0.39 is 0 Å². The second kappa shape index (κ2) is 6.36. The van der Waals surface area contributed by atoms with Gasteiger partial charge in [-0.2, -0.15) is 0 Å². The summed E-state index contributed by atoms with van der Waals surface area (Å²) in [5.74, 6) is 0.0747. The van der Waals surface area contributed by atoms with Gasteiger partial charge >= 0.3 is 0 Å². The van der Waals surface area contributed by atoms with Gasteiger partial charge < -0.3 is 5.32 Å². The number of hydrogen-bond acceptors (Lipinski definition) is 4. The summed E-state index contributed by atoms with van der Waals surface area (Å²) >= 11 is 1.58. The molecule has 2 aliphatic carbocycles. The van der Waals surface area contributed by atoms with Gasteiger partial charge in [0.2, 0.25) is 5.91 Å². The van der Waals surface area contributed by atoms with Gasteiger partial charge in [-0.1, -0.05) is 0 Å². The Labute approximate surface area is 144 Å². The van der Waals surface area contributed by atoms with Crippen LogP contribution in [-0.2, 0) is 17.6 Å². The number of carbonyl (C=O) groups is 2. The summed E-state index contributed by atoms with van der Waals surface area (Å²) in [6, 6.07) is 6.99. The van der Waals surface area contributed by atoms with Crippen LogP contribution < -0.4 is 10.6 Å². The molecule has 6 heteroatoms. The van der Waals surface area contributed by atoms with Gasteiger partial charge in [0.1, 0.15) is 0 Å². The Morgan fingerprint density at radius 3 is 2.50 bits per heavy atom. The van der Waals surface area contributed by atoms with Crippen molar-refractivity contribution in [3.63, 3.8) is 0 Å². The van der Waals surface area contributed by atoms with E-state index in [0.717, 1.165) is 37.1 Å². The van der Waals surface area contributed by atoms with E-state index in [1.807, 2.05) is 0 Å². The number of amides is 2. The average Bonchev–Trinajstić information content (AvgIpc) is 3.36. The number of nitrogens with zero attached hydrogens (tertiary/aromatic N) is 1. The minimum absolute atomic E-state index is 0.0700. The van der Waals surface area contributed by atoms with Gasteiger partial charge in [-0.15, -0.1) is 11.3 Å². The lowest BCUT2D eigenvalue weighted by molar-refractivity contribution is -0.117. The molecule has 1 heterocycles. The van der Waals surface area contributed by atoms with Crippen molar-refractivity contribution in [2.45, 2.75) is 38.5 Å². The molecule has 2 aromatic rings. The third-order valence-electron chi connectivity index (χ3n) is 4.43. The fraction of sp³-hybridized carbons (Fsp3) is 0.389. The topological polar surface area (TPSA) is 71.1 Å². The molecule has 0 spiro atoms. The number of aryl methyl sites for hydroxylation is 2. The van der Waals surface area contributed by atoms with E-state index in [0.29, 0.717) is 10.7 Å². The Balaban J connectivity index is 1.40. The van der Waals surface area contributed by atoms with E-state index in [1.54, 1.807) is 35.6 Å². The van der Waals surface area contributed by atoms with Crippen LogP contribution in [0, 0.1) is 5.92 Å². The normalized spacial score (nSPS) is 16.3. The predicted molar refractivity (Wildman–Crippen MR) is 94.5 cm³/mol. The van der Waals surface area contributed by atoms with Gasteiger partial charge in [0.25, 0.3) is 5.91 Å². The lowest BCUT2D eigenvalue weighted by Crippen LogP contribution is -2.14. The van der Waals surface area contributed by atoms with E-state index in [2.05, 4.69) is 15.6 Å². The molecule has 0 unspecified atom stereocenters. The van der Waals surface area contributed by atoms with E-state index in [4.69, 9.17) is 0 Å². The fourth-order valence-corrected chi connectivity index (χ4v) is 3.91. The molecule has 2 amide bonds. The van der Waals surface area contributed by atoms with Crippen molar-refractivity contribution in [1.82, 2.24) is 4.98 Å². The van der Waals surface area contributed by atoms with Crippen LogP contribution in [-0.4, -0.2) is 16.8 Å². The summed E-state index contributed by atoms with van der Waals surface area (Å²) in [5, 5.41) is 6.44. The first-order valence-corrected chi connectivity index (χ1v) is 9.21. The van der Waals surface area contributed by atoms with Gasteiger partial charge in [-0.05, 0) is 62.8 Å². The van der Waals surface area contributed by atoms with Crippen molar-refractivity contribution >= 4 is 34.0 Å². The number of fused-ring (bicyclic) bond motifs is 1. The molecule has 2 aliphatic rings. The Morgan fingerprint density at radius 2 is 1.79 bits per heavy atom. The van der Waals surface area contributed by atoms with E-state index in [9.17, 15) is 9.59 Å². The zero-order valence-electron chi connectivity index (χ0n) is 13.3. The second-order valence-electron chi connectivity index (χ2n) is 6.39. The van der Waals surface area contributed by atoms with E-state index in [1.165, 1.54) is 17.7 Å². The molecule has 4 rings (SSSR count). The van der Waals surface area contributed by atoms with Crippen molar-refractivity contribution in [1.29, 1.82) is 0 Å². The number of carbonyl (C=O) groups excluding carboxylic acids is 2. The van der Waals surface area contributed by atoms with Gasteiger partial charge in [-0.25, -0.2) is 4.98 Å². The lowest BCUT2D eigenvalue weighted by Gasteiger charge is -2.06. The van der Waals surface area contributed by atoms with Crippen LogP contribution in [0.5, 0.6) is 0 Å². The Hall–Kier alpha value is -2.21. The quantitative estimate of drug-likeness (QED) is 0.892. The molecule has 0 radical (unpaired) electrons. The van der Waals surface area contributed by atoms with Crippen LogP contribution in [0.25, 0.3) is 0 Å². The second-order valence-corrected chi connectivity index (χ2v) is 7.47. The van der Waals surface area contributed by atoms with Crippen molar-refractivity contribution in [3.8, 4) is 0 Å². The zero-order chi connectivity index (χ0) is 16.5. The highest BCUT2D eigenvalue weighted by Gasteiger charge is 2.29. The minimum Gasteiger partial charge on any atom is -0.326 e. The van der Waals surface area contributed by atoms with Crippen LogP contribution in [0.1, 0.15) is 46.6 Å². The zero-order valence-corrected chi connectivity index (χ0v) is 14.1. The van der Waals surface area contributed by atoms with Crippen LogP contribution in [0.4, 0.5) is 10.8 Å². The van der Waals surface area contributed by atoms with E-state index >= 15 is 0 Å². The van der Waals surface area contributed by atoms with Crippen LogP contribution >= 0.6 is 11.3 Å². The maximum absolute atomic E-state index is 12.3. The summed E-state index contributed by atoms with van der Waals surface area (Å²) in [5.41, 5.74) is 2.43. The van der Waals surface area contributed by atoms with Crippen LogP contribution in [0.2, 0.25) is 0 Å². The number of thiazole rings is 1. The summed E-state index contributed by atoms with van der Waals surface area (Å²) in [6.07, 6.45) is 6.42. The van der Waals surface area contributed by atoms with Gasteiger partial charge in [0.15, 0.2) is 5.13 Å². The highest BCUT2D eigenvalue weighted by Crippen LogP contribution is 2.31. The van der Waals surface area contributed by atoms with Crippen LogP contribution in [0.15, 0.2) is 24.3 Å². The summed E-state index contributed by atoms with van der Waals surface area (Å²) in [6.45, 7) is 0. The van der Waals surface area contributed by atoms with Crippen molar-refractivity contribution in [3.05, 3.63) is 40.4 Å². The number of nitrogens with one attached hydrogen (secondary N) is 2. The first-order chi connectivity index (χ1) is 11.7. The predicted octanol–water partition coefficient (Wildman–Crippen LogP) is 3.62. The first kappa shape index (κ1) is 15.3. The van der Waals surface area contributed by atoms with Gasteiger partial charge in [-0.3, -0.25) is 14.9 Å². The number of rotatable bonds is 4. The summed E-state index contributed by atoms with van der Waals surface area (Å²) in [4.78, 5) is 29.9. The molecule has 1 aromatic carbocycles. The number of benzene rings is 1. The first-order valence-electron chi connectivity index (χ1n) is 8.40. The standard InChI is InChI=1S/C18H19N3O2S/c22-16(11-5-6-11)19-13-9-7-12(8-10-13)17(23)21-18-20-14-3-1-2-4-15(14)24-18/h7-11H,1-6H2,(H,19,22)(H,20,21,23). The SMILES string of the molecule is O=C(Nc1nc2c(s1)CCCC2)c1ccc(NC(=O)C2CC2)cc1. The average molecular weight is 341 g/mol. The number of hydrogen-bond donors (Lipinski definition) is 2. The molecule has 1 aromatic heterocycles. The Morgan fingerprint density at radius 1 is 1.04 bits per heavy atom. The van der Waals surface area contributed by atoms with Crippen LogP contribution in [0.3, 0.4) is 0 Å². The maximum Gasteiger partial charge on any atom is 0.257 e. The molecule has 5 nitrogen and oxygen atoms in total. The molecule has 1 saturated carbocycles. The van der Waals surface area contributed by atoms with Crippen molar-refractivity contribution in [2.75, 3.05) is 10.6 Å². The Kier molecular flexibility index (Phi) is 4.06. The lowest BCUT2D eigenvalue weighted by atomic mass is 10.0. The third kappa shape index (κ3) is 3.33.